The number of benzene rings is 10. The van der Waals surface area contributed by atoms with Gasteiger partial charge in [0.05, 0.1) is 16.7 Å². The Kier molecular flexibility index (Phi) is 9.73. The van der Waals surface area contributed by atoms with Crippen molar-refractivity contribution in [2.45, 2.75) is 0 Å². The van der Waals surface area contributed by atoms with Crippen LogP contribution in [0.25, 0.3) is 126 Å². The zero-order valence-electron chi connectivity index (χ0n) is 37.1. The molecule has 0 aliphatic carbocycles. The van der Waals surface area contributed by atoms with Gasteiger partial charge in [0, 0.05) is 42.1 Å². The summed E-state index contributed by atoms with van der Waals surface area (Å²) in [5.41, 5.74) is 18.5. The smallest absolute Gasteiger partial charge is 0.138 e. The number of hydrogen-bond acceptors (Lipinski definition) is 2. The first-order valence-corrected chi connectivity index (χ1v) is 24.0. The molecular weight excluding hydrogens is 841 g/mol. The Labute approximate surface area is 399 Å². The molecule has 0 aliphatic rings. The van der Waals surface area contributed by atoms with Gasteiger partial charge in [-0.25, -0.2) is 4.98 Å². The van der Waals surface area contributed by atoms with E-state index in [4.69, 9.17) is 4.98 Å². The second-order valence-electron chi connectivity index (χ2n) is 17.4. The van der Waals surface area contributed by atoms with Crippen molar-refractivity contribution in [3.05, 3.63) is 255 Å². The number of pyridine rings is 1. The second-order valence-corrected chi connectivity index (χ2v) is 18.5. The molecule has 13 rings (SSSR count). The Morgan fingerprint density at radius 2 is 0.750 bits per heavy atom. The van der Waals surface area contributed by atoms with Crippen LogP contribution in [0.4, 0.5) is 0 Å². The van der Waals surface area contributed by atoms with Gasteiger partial charge in [-0.3, -0.25) is 4.57 Å². The summed E-state index contributed by atoms with van der Waals surface area (Å²) in [7, 11) is 0. The van der Waals surface area contributed by atoms with E-state index in [1.807, 2.05) is 11.3 Å². The summed E-state index contributed by atoms with van der Waals surface area (Å²) >= 11 is 1.88. The van der Waals surface area contributed by atoms with Crippen LogP contribution in [0.15, 0.2) is 255 Å². The minimum atomic E-state index is 0.875. The van der Waals surface area contributed by atoms with Crippen molar-refractivity contribution < 1.29 is 0 Å². The zero-order valence-corrected chi connectivity index (χ0v) is 37.9. The number of fused-ring (bicyclic) bond motifs is 6. The van der Waals surface area contributed by atoms with Crippen molar-refractivity contribution in [2.75, 3.05) is 0 Å². The molecule has 0 atom stereocenters. The first kappa shape index (κ1) is 39.7. The molecule has 2 nitrogen and oxygen atoms in total. The third-order valence-electron chi connectivity index (χ3n) is 13.5. The molecule has 0 radical (unpaired) electrons. The molecule has 3 heteroatoms. The van der Waals surface area contributed by atoms with Crippen molar-refractivity contribution in [3.63, 3.8) is 0 Å². The topological polar surface area (TPSA) is 17.8 Å². The minimum Gasteiger partial charge on any atom is -0.294 e. The van der Waals surface area contributed by atoms with Gasteiger partial charge < -0.3 is 0 Å². The Bertz CT molecular complexity index is 3890. The highest BCUT2D eigenvalue weighted by atomic mass is 32.1. The van der Waals surface area contributed by atoms with E-state index >= 15 is 0 Å². The Balaban J connectivity index is 0.956. The lowest BCUT2D eigenvalue weighted by molar-refractivity contribution is 1.08. The van der Waals surface area contributed by atoms with Crippen LogP contribution < -0.4 is 0 Å². The van der Waals surface area contributed by atoms with Gasteiger partial charge in [-0.1, -0.05) is 218 Å². The van der Waals surface area contributed by atoms with Crippen LogP contribution in [0, 0.1) is 0 Å². The van der Waals surface area contributed by atoms with Gasteiger partial charge in [-0.05, 0) is 97.6 Å². The fraction of sp³-hybridized carbons (Fsp3) is 0. The van der Waals surface area contributed by atoms with Crippen molar-refractivity contribution in [2.24, 2.45) is 0 Å². The predicted molar refractivity (Wildman–Crippen MR) is 290 cm³/mol. The van der Waals surface area contributed by atoms with Crippen LogP contribution in [0.2, 0.25) is 0 Å². The first-order chi connectivity index (χ1) is 33.7. The van der Waals surface area contributed by atoms with Crippen molar-refractivity contribution in [1.29, 1.82) is 0 Å². The standard InChI is InChI=1S/C65H42N2S/c1-3-16-43(17-4-1)45-30-32-47(33-31-45)50-41-60(48-36-34-46(35-37-48)44-18-5-2-6-19-44)66-64(42-50)67-61-28-13-11-24-55(61)59-40-49(38-39-62(59)67)51-20-7-8-21-52(51)53-22-9-10-23-54(53)57-26-15-27-58-56-25-12-14-29-63(56)68-65(57)58/h1-42H. The van der Waals surface area contributed by atoms with Crippen LogP contribution in [-0.4, -0.2) is 9.55 Å². The predicted octanol–water partition coefficient (Wildman–Crippen LogP) is 18.2. The zero-order chi connectivity index (χ0) is 45.0. The average molecular weight is 883 g/mol. The van der Waals surface area contributed by atoms with Crippen LogP contribution >= 0.6 is 11.3 Å². The summed E-state index contributed by atoms with van der Waals surface area (Å²) in [4.78, 5) is 5.51. The number of thiophene rings is 1. The monoisotopic (exact) mass is 882 g/mol. The van der Waals surface area contributed by atoms with E-state index in [1.165, 1.54) is 86.6 Å². The molecule has 3 heterocycles. The highest BCUT2D eigenvalue weighted by Crippen LogP contribution is 2.45. The summed E-state index contributed by atoms with van der Waals surface area (Å²) in [5, 5.41) is 4.99. The van der Waals surface area contributed by atoms with Gasteiger partial charge in [0.15, 0.2) is 0 Å². The number of rotatable bonds is 8. The van der Waals surface area contributed by atoms with E-state index in [-0.39, 0.29) is 0 Å². The lowest BCUT2D eigenvalue weighted by atomic mass is 9.89. The molecule has 3 aromatic heterocycles. The molecule has 318 valence electrons. The first-order valence-electron chi connectivity index (χ1n) is 23.2. The number of para-hydroxylation sites is 1. The lowest BCUT2D eigenvalue weighted by Gasteiger charge is -2.16. The number of aromatic nitrogens is 2. The molecular formula is C65H42N2S. The van der Waals surface area contributed by atoms with E-state index in [1.54, 1.807) is 0 Å². The van der Waals surface area contributed by atoms with Crippen molar-refractivity contribution in [1.82, 2.24) is 9.55 Å². The molecule has 0 aliphatic heterocycles. The SMILES string of the molecule is c1ccc(-c2ccc(-c3cc(-c4ccc(-c5ccccc5)cc4)nc(-n4c5ccccc5c5cc(-c6ccccc6-c6ccccc6-c6cccc7c6sc6ccccc67)ccc54)c3)cc2)cc1. The Hall–Kier alpha value is -8.63. The summed E-state index contributed by atoms with van der Waals surface area (Å²) in [6.07, 6.45) is 0. The number of hydrogen-bond donors (Lipinski definition) is 0. The largest absolute Gasteiger partial charge is 0.294 e. The molecule has 0 amide bonds. The van der Waals surface area contributed by atoms with Crippen LogP contribution in [0.1, 0.15) is 0 Å². The molecule has 0 saturated heterocycles. The fourth-order valence-electron chi connectivity index (χ4n) is 10.2. The highest BCUT2D eigenvalue weighted by Gasteiger charge is 2.20. The second kappa shape index (κ2) is 16.7. The van der Waals surface area contributed by atoms with Crippen LogP contribution in [-0.2, 0) is 0 Å². The van der Waals surface area contributed by atoms with E-state index in [0.29, 0.717) is 0 Å². The maximum Gasteiger partial charge on any atom is 0.138 e. The minimum absolute atomic E-state index is 0.875. The maximum atomic E-state index is 5.51. The molecule has 13 aromatic rings. The van der Waals surface area contributed by atoms with Crippen LogP contribution in [0.5, 0.6) is 0 Å². The maximum absolute atomic E-state index is 5.51. The molecule has 68 heavy (non-hydrogen) atoms. The van der Waals surface area contributed by atoms with Crippen molar-refractivity contribution in [3.8, 4) is 83.8 Å². The number of nitrogens with zero attached hydrogens (tertiary/aromatic N) is 2. The lowest BCUT2D eigenvalue weighted by Crippen LogP contribution is -2.00. The fourth-order valence-corrected chi connectivity index (χ4v) is 11.4. The summed E-state index contributed by atoms with van der Waals surface area (Å²) in [6, 6.07) is 92.4. The van der Waals surface area contributed by atoms with Gasteiger partial charge in [0.1, 0.15) is 5.82 Å². The summed E-state index contributed by atoms with van der Waals surface area (Å²) < 4.78 is 4.99. The molecule has 10 aromatic carbocycles. The van der Waals surface area contributed by atoms with E-state index in [0.717, 1.165) is 39.2 Å². The van der Waals surface area contributed by atoms with E-state index in [2.05, 4.69) is 259 Å². The van der Waals surface area contributed by atoms with Gasteiger partial charge in [-0.2, -0.15) is 0 Å². The molecule has 0 N–H and O–H groups in total. The molecule has 0 unspecified atom stereocenters. The normalized spacial score (nSPS) is 11.5. The Morgan fingerprint density at radius 3 is 1.44 bits per heavy atom. The molecule has 0 spiro atoms. The van der Waals surface area contributed by atoms with E-state index < -0.39 is 0 Å². The molecule has 0 bridgehead atoms. The Morgan fingerprint density at radius 1 is 0.279 bits per heavy atom. The average Bonchev–Trinajstić information content (AvgIpc) is 3.97. The highest BCUT2D eigenvalue weighted by molar-refractivity contribution is 7.26. The summed E-state index contributed by atoms with van der Waals surface area (Å²) in [6.45, 7) is 0. The van der Waals surface area contributed by atoms with Gasteiger partial charge in [0.25, 0.3) is 0 Å². The summed E-state index contributed by atoms with van der Waals surface area (Å²) in [5.74, 6) is 0.875. The third kappa shape index (κ3) is 6.91. The quantitative estimate of drug-likeness (QED) is 0.149. The third-order valence-corrected chi connectivity index (χ3v) is 14.7. The van der Waals surface area contributed by atoms with Gasteiger partial charge in [0.2, 0.25) is 0 Å². The van der Waals surface area contributed by atoms with Gasteiger partial charge >= 0.3 is 0 Å². The van der Waals surface area contributed by atoms with Crippen LogP contribution in [0.3, 0.4) is 0 Å². The molecule has 0 fully saturated rings. The van der Waals surface area contributed by atoms with Crippen molar-refractivity contribution >= 4 is 53.3 Å². The van der Waals surface area contributed by atoms with Gasteiger partial charge in [-0.15, -0.1) is 11.3 Å². The van der Waals surface area contributed by atoms with E-state index in [9.17, 15) is 0 Å². The molecule has 0 saturated carbocycles.